The Morgan fingerprint density at radius 1 is 0.897 bits per heavy atom. The lowest BCUT2D eigenvalue weighted by Gasteiger charge is -2.11. The lowest BCUT2D eigenvalue weighted by Crippen LogP contribution is -2.17. The number of aryl methyl sites for hydroxylation is 1. The molecule has 0 spiro atoms. The van der Waals surface area contributed by atoms with Crippen molar-refractivity contribution < 1.29 is 14.3 Å². The van der Waals surface area contributed by atoms with E-state index in [2.05, 4.69) is 41.7 Å². The Morgan fingerprint density at radius 2 is 1.52 bits per heavy atom. The summed E-state index contributed by atoms with van der Waals surface area (Å²) in [6.07, 6.45) is 1.72. The molecule has 142 valence electrons. The van der Waals surface area contributed by atoms with Gasteiger partial charge in [-0.2, -0.15) is 5.10 Å². The maximum Gasteiger partial charge on any atom is 0.271 e. The third-order valence-corrected chi connectivity index (χ3v) is 5.24. The summed E-state index contributed by atoms with van der Waals surface area (Å²) < 4.78 is 10.6. The van der Waals surface area contributed by atoms with E-state index >= 15 is 0 Å². The van der Waals surface area contributed by atoms with Crippen molar-refractivity contribution in [1.29, 1.82) is 0 Å². The smallest absolute Gasteiger partial charge is 0.271 e. The molecule has 0 aliphatic carbocycles. The zero-order chi connectivity index (χ0) is 19.8. The number of rotatable bonds is 3. The maximum atomic E-state index is 12.5. The Balaban J connectivity index is 1.50. The molecule has 29 heavy (non-hydrogen) atoms. The number of fused-ring (bicyclic) bond motifs is 3. The van der Waals surface area contributed by atoms with Crippen LogP contribution in [0.15, 0.2) is 71.8 Å². The highest BCUT2D eigenvalue weighted by Crippen LogP contribution is 2.33. The van der Waals surface area contributed by atoms with Gasteiger partial charge in [0.05, 0.1) is 6.21 Å². The van der Waals surface area contributed by atoms with Gasteiger partial charge in [0.2, 0.25) is 6.79 Å². The van der Waals surface area contributed by atoms with Crippen LogP contribution in [0.3, 0.4) is 0 Å². The van der Waals surface area contributed by atoms with E-state index in [-0.39, 0.29) is 12.7 Å². The number of carbonyl (C=O) groups excluding carboxylic acids is 1. The monoisotopic (exact) mass is 382 g/mol. The summed E-state index contributed by atoms with van der Waals surface area (Å²) in [4.78, 5) is 12.5. The minimum Gasteiger partial charge on any atom is -0.454 e. The first kappa shape index (κ1) is 17.3. The third kappa shape index (κ3) is 2.97. The highest BCUT2D eigenvalue weighted by atomic mass is 16.7. The molecule has 0 unspecified atom stereocenters. The van der Waals surface area contributed by atoms with E-state index in [0.29, 0.717) is 17.1 Å². The number of amides is 1. The molecule has 1 amide bonds. The van der Waals surface area contributed by atoms with E-state index in [1.807, 2.05) is 24.3 Å². The molecule has 0 fully saturated rings. The molecule has 4 aromatic carbocycles. The number of ether oxygens (including phenoxy) is 2. The molecule has 0 bridgehead atoms. The van der Waals surface area contributed by atoms with Crippen molar-refractivity contribution in [1.82, 2.24) is 5.43 Å². The van der Waals surface area contributed by atoms with Crippen LogP contribution < -0.4 is 14.9 Å². The maximum absolute atomic E-state index is 12.5. The summed E-state index contributed by atoms with van der Waals surface area (Å²) in [5.41, 5.74) is 5.29. The quantitative estimate of drug-likeness (QED) is 0.315. The molecule has 5 heteroatoms. The Kier molecular flexibility index (Phi) is 4.13. The van der Waals surface area contributed by atoms with Crippen LogP contribution in [0.1, 0.15) is 21.5 Å². The second kappa shape index (κ2) is 6.95. The summed E-state index contributed by atoms with van der Waals surface area (Å²) in [5, 5.41) is 8.80. The van der Waals surface area contributed by atoms with E-state index < -0.39 is 0 Å². The van der Waals surface area contributed by atoms with E-state index in [1.165, 1.54) is 16.3 Å². The van der Waals surface area contributed by atoms with Crippen molar-refractivity contribution in [2.45, 2.75) is 6.92 Å². The molecular formula is C24H18N2O3. The van der Waals surface area contributed by atoms with Crippen LogP contribution in [0.5, 0.6) is 11.5 Å². The molecule has 1 aliphatic heterocycles. The van der Waals surface area contributed by atoms with Crippen LogP contribution in [-0.4, -0.2) is 18.9 Å². The second-order valence-electron chi connectivity index (χ2n) is 6.90. The molecule has 0 saturated heterocycles. The SMILES string of the molecule is Cc1c2ccccc2c(C=NNC(=O)c2ccc3c(c2)OCO3)c2ccccc12. The standard InChI is InChI=1S/C24H18N2O3/c1-15-17-6-2-4-8-19(17)21(20-9-5-3-7-18(15)20)13-25-26-24(27)16-10-11-22-23(12-16)29-14-28-22/h2-13H,14H2,1H3,(H,26,27). The van der Waals surface area contributed by atoms with Crippen molar-refractivity contribution in [3.05, 3.63) is 83.4 Å². The molecule has 4 aromatic rings. The van der Waals surface area contributed by atoms with E-state index in [4.69, 9.17) is 9.47 Å². The average molecular weight is 382 g/mol. The Labute approximate surface area is 167 Å². The third-order valence-electron chi connectivity index (χ3n) is 5.24. The molecule has 5 nitrogen and oxygen atoms in total. The van der Waals surface area contributed by atoms with Crippen LogP contribution in [0.25, 0.3) is 21.5 Å². The number of hydrogen-bond acceptors (Lipinski definition) is 4. The minimum atomic E-state index is -0.305. The molecule has 0 radical (unpaired) electrons. The lowest BCUT2D eigenvalue weighted by molar-refractivity contribution is 0.0954. The Bertz CT molecular complexity index is 1240. The largest absolute Gasteiger partial charge is 0.454 e. The van der Waals surface area contributed by atoms with Crippen molar-refractivity contribution >= 4 is 33.7 Å². The van der Waals surface area contributed by atoms with Gasteiger partial charge in [0, 0.05) is 11.1 Å². The number of nitrogens with zero attached hydrogens (tertiary/aromatic N) is 1. The summed E-state index contributed by atoms with van der Waals surface area (Å²) in [6, 6.07) is 21.5. The summed E-state index contributed by atoms with van der Waals surface area (Å²) >= 11 is 0. The van der Waals surface area contributed by atoms with Crippen LogP contribution in [0.2, 0.25) is 0 Å². The van der Waals surface area contributed by atoms with Gasteiger partial charge in [-0.1, -0.05) is 48.5 Å². The number of hydrazone groups is 1. The van der Waals surface area contributed by atoms with Gasteiger partial charge < -0.3 is 9.47 Å². The first-order valence-corrected chi connectivity index (χ1v) is 9.35. The van der Waals surface area contributed by atoms with Gasteiger partial charge in [-0.05, 0) is 52.2 Å². The molecule has 1 aliphatic rings. The predicted octanol–water partition coefficient (Wildman–Crippen LogP) is 4.79. The normalized spacial score (nSPS) is 12.7. The van der Waals surface area contributed by atoms with Gasteiger partial charge in [0.15, 0.2) is 11.5 Å². The number of nitrogens with one attached hydrogen (secondary N) is 1. The van der Waals surface area contributed by atoms with Crippen LogP contribution in [0, 0.1) is 6.92 Å². The summed E-state index contributed by atoms with van der Waals surface area (Å²) in [6.45, 7) is 2.30. The van der Waals surface area contributed by atoms with E-state index in [9.17, 15) is 4.79 Å². The highest BCUT2D eigenvalue weighted by Gasteiger charge is 2.16. The van der Waals surface area contributed by atoms with Gasteiger partial charge in [0.25, 0.3) is 5.91 Å². The van der Waals surface area contributed by atoms with Crippen molar-refractivity contribution in [2.24, 2.45) is 5.10 Å². The Morgan fingerprint density at radius 3 is 2.21 bits per heavy atom. The minimum absolute atomic E-state index is 0.173. The first-order chi connectivity index (χ1) is 14.2. The number of carbonyl (C=O) groups is 1. The number of hydrogen-bond donors (Lipinski definition) is 1. The molecule has 1 heterocycles. The summed E-state index contributed by atoms with van der Waals surface area (Å²) in [7, 11) is 0. The van der Waals surface area contributed by atoms with Crippen molar-refractivity contribution in [3.8, 4) is 11.5 Å². The molecule has 0 aromatic heterocycles. The lowest BCUT2D eigenvalue weighted by atomic mass is 9.93. The van der Waals surface area contributed by atoms with Crippen LogP contribution >= 0.6 is 0 Å². The van der Waals surface area contributed by atoms with Crippen LogP contribution in [0.4, 0.5) is 0 Å². The van der Waals surface area contributed by atoms with E-state index in [1.54, 1.807) is 24.4 Å². The van der Waals surface area contributed by atoms with Gasteiger partial charge >= 0.3 is 0 Å². The van der Waals surface area contributed by atoms with Crippen LogP contribution in [-0.2, 0) is 0 Å². The second-order valence-corrected chi connectivity index (χ2v) is 6.90. The van der Waals surface area contributed by atoms with Gasteiger partial charge in [0.1, 0.15) is 0 Å². The molecular weight excluding hydrogens is 364 g/mol. The fourth-order valence-electron chi connectivity index (χ4n) is 3.78. The molecule has 0 atom stereocenters. The van der Waals surface area contributed by atoms with Gasteiger partial charge in [-0.15, -0.1) is 0 Å². The van der Waals surface area contributed by atoms with E-state index in [0.717, 1.165) is 16.3 Å². The fourth-order valence-corrected chi connectivity index (χ4v) is 3.78. The zero-order valence-corrected chi connectivity index (χ0v) is 15.8. The molecule has 5 rings (SSSR count). The topological polar surface area (TPSA) is 59.9 Å². The van der Waals surface area contributed by atoms with Crippen molar-refractivity contribution in [2.75, 3.05) is 6.79 Å². The molecule has 0 saturated carbocycles. The average Bonchev–Trinajstić information content (AvgIpc) is 3.24. The number of benzene rings is 4. The van der Waals surface area contributed by atoms with Gasteiger partial charge in [-0.3, -0.25) is 4.79 Å². The predicted molar refractivity (Wildman–Crippen MR) is 114 cm³/mol. The van der Waals surface area contributed by atoms with Gasteiger partial charge in [-0.25, -0.2) is 5.43 Å². The first-order valence-electron chi connectivity index (χ1n) is 9.35. The summed E-state index contributed by atoms with van der Waals surface area (Å²) in [5.74, 6) is 0.903. The Hall–Kier alpha value is -3.86. The fraction of sp³-hybridized carbons (Fsp3) is 0.0833. The highest BCUT2D eigenvalue weighted by molar-refractivity contribution is 6.15. The zero-order valence-electron chi connectivity index (χ0n) is 15.8. The van der Waals surface area contributed by atoms with Crippen molar-refractivity contribution in [3.63, 3.8) is 0 Å². The molecule has 1 N–H and O–H groups in total.